The Kier molecular flexibility index (Phi) is 20.1. The van der Waals surface area contributed by atoms with Gasteiger partial charge in [0.2, 0.25) is 0 Å². The summed E-state index contributed by atoms with van der Waals surface area (Å²) in [6.45, 7) is 9.45. The van der Waals surface area contributed by atoms with Crippen molar-refractivity contribution in [1.82, 2.24) is 20.9 Å². The van der Waals surface area contributed by atoms with Crippen LogP contribution in [0, 0.1) is 0 Å². The first kappa shape index (κ1) is 24.0. The Morgan fingerprint density at radius 3 is 1.47 bits per heavy atom. The van der Waals surface area contributed by atoms with Crippen molar-refractivity contribution in [3.8, 4) is 0 Å². The summed E-state index contributed by atoms with van der Waals surface area (Å²) in [7, 11) is 7.77. The number of hydrogen-bond donors (Lipinski definition) is 2. The third-order valence-electron chi connectivity index (χ3n) is 2.12. The van der Waals surface area contributed by atoms with Crippen molar-refractivity contribution in [3.05, 3.63) is 24.3 Å². The zero-order valence-corrected chi connectivity index (χ0v) is 13.4. The second-order valence-electron chi connectivity index (χ2n) is 3.90. The second-order valence-corrected chi connectivity index (χ2v) is 4.43. The molecule has 0 atom stereocenters. The lowest BCUT2D eigenvalue weighted by Crippen LogP contribution is -2.28. The fourth-order valence-electron chi connectivity index (χ4n) is 0.974. The molecule has 1 aliphatic heterocycles. The van der Waals surface area contributed by atoms with Gasteiger partial charge in [0.1, 0.15) is 0 Å². The van der Waals surface area contributed by atoms with Gasteiger partial charge in [0.25, 0.3) is 0 Å². The molecular formula is C13H30Cl2N4. The molecule has 2 N–H and O–H groups in total. The Morgan fingerprint density at radius 1 is 1.11 bits per heavy atom. The normalized spacial score (nSPS) is 14.7. The number of hydrazine groups is 2. The molecule has 0 aliphatic carbocycles. The number of allylic oxidation sites excluding steroid dienone is 1. The van der Waals surface area contributed by atoms with E-state index in [-0.39, 0.29) is 7.43 Å². The molecule has 1 saturated heterocycles. The Hall–Kier alpha value is -0.100. The quantitative estimate of drug-likeness (QED) is 0.476. The van der Waals surface area contributed by atoms with Gasteiger partial charge >= 0.3 is 0 Å². The molecule has 0 unspecified atom stereocenters. The van der Waals surface area contributed by atoms with Crippen molar-refractivity contribution in [2.24, 2.45) is 0 Å². The van der Waals surface area contributed by atoms with E-state index in [1.165, 1.54) is 5.57 Å². The summed E-state index contributed by atoms with van der Waals surface area (Å²) in [5.74, 6) is 0.951. The van der Waals surface area contributed by atoms with Crippen molar-refractivity contribution < 1.29 is 0 Å². The first-order valence-electron chi connectivity index (χ1n) is 5.63. The van der Waals surface area contributed by atoms with Gasteiger partial charge in [-0.05, 0) is 25.2 Å². The van der Waals surface area contributed by atoms with Gasteiger partial charge in [0.05, 0.1) is 0 Å². The number of nitrogens with one attached hydrogen (secondary N) is 2. The van der Waals surface area contributed by atoms with Crippen molar-refractivity contribution in [2.45, 2.75) is 7.43 Å². The minimum atomic E-state index is 0. The minimum absolute atomic E-state index is 0. The van der Waals surface area contributed by atoms with Crippen molar-refractivity contribution >= 4 is 23.2 Å². The van der Waals surface area contributed by atoms with E-state index in [4.69, 9.17) is 23.2 Å². The van der Waals surface area contributed by atoms with Crippen LogP contribution in [-0.4, -0.2) is 63.1 Å². The van der Waals surface area contributed by atoms with E-state index >= 15 is 0 Å². The average Bonchev–Trinajstić information content (AvgIpc) is 2.66. The van der Waals surface area contributed by atoms with E-state index in [1.807, 2.05) is 14.1 Å². The molecule has 0 bridgehead atoms. The molecule has 0 amide bonds. The van der Waals surface area contributed by atoms with Crippen LogP contribution in [0.25, 0.3) is 0 Å². The van der Waals surface area contributed by atoms with Gasteiger partial charge in [-0.15, -0.1) is 23.2 Å². The summed E-state index contributed by atoms with van der Waals surface area (Å²) in [4.78, 5) is 0. The van der Waals surface area contributed by atoms with Crippen LogP contribution in [0.15, 0.2) is 24.3 Å². The third kappa shape index (κ3) is 15.8. The highest BCUT2D eigenvalue weighted by molar-refractivity contribution is 6.23. The van der Waals surface area contributed by atoms with Gasteiger partial charge in [-0.2, -0.15) is 0 Å². The van der Waals surface area contributed by atoms with Crippen molar-refractivity contribution in [2.75, 3.05) is 53.0 Å². The Balaban J connectivity index is -0.000000210. The van der Waals surface area contributed by atoms with Gasteiger partial charge in [-0.1, -0.05) is 20.6 Å². The molecular weight excluding hydrogens is 283 g/mol. The molecule has 6 heteroatoms. The number of hydrogen-bond acceptors (Lipinski definition) is 4. The first-order chi connectivity index (χ1) is 8.42. The largest absolute Gasteiger partial charge is 0.261 e. The summed E-state index contributed by atoms with van der Waals surface area (Å²) >= 11 is 10.5. The predicted octanol–water partition coefficient (Wildman–Crippen LogP) is 2.33. The maximum absolute atomic E-state index is 5.27. The number of halogens is 2. The van der Waals surface area contributed by atoms with Gasteiger partial charge in [0.15, 0.2) is 0 Å². The summed E-state index contributed by atoms with van der Waals surface area (Å²) in [6, 6.07) is 0. The molecule has 4 nitrogen and oxygen atoms in total. The van der Waals surface area contributed by atoms with Crippen LogP contribution in [0.2, 0.25) is 0 Å². The molecule has 0 spiro atoms. The summed E-state index contributed by atoms with van der Waals surface area (Å²) in [6.07, 6.45) is 0. The fourth-order valence-corrected chi connectivity index (χ4v) is 1.26. The number of rotatable bonds is 3. The van der Waals surface area contributed by atoms with Crippen LogP contribution in [0.1, 0.15) is 7.43 Å². The molecule has 0 radical (unpaired) electrons. The smallest absolute Gasteiger partial charge is 0.0442 e. The maximum atomic E-state index is 5.27. The minimum Gasteiger partial charge on any atom is -0.261 e. The Labute approximate surface area is 129 Å². The van der Waals surface area contributed by atoms with E-state index in [0.717, 1.165) is 18.7 Å². The highest BCUT2D eigenvalue weighted by Crippen LogP contribution is 2.07. The summed E-state index contributed by atoms with van der Waals surface area (Å²) in [5.41, 5.74) is 7.54. The molecule has 1 heterocycles. The van der Waals surface area contributed by atoms with E-state index in [0.29, 0.717) is 11.8 Å². The lowest BCUT2D eigenvalue weighted by atomic mass is 10.3. The number of alkyl halides is 2. The third-order valence-corrected chi connectivity index (χ3v) is 2.87. The molecule has 1 rings (SSSR count). The fraction of sp³-hybridized carbons (Fsp3) is 0.692. The molecule has 116 valence electrons. The highest BCUT2D eigenvalue weighted by atomic mass is 35.5. The summed E-state index contributed by atoms with van der Waals surface area (Å²) < 4.78 is 0. The molecule has 0 aromatic carbocycles. The molecule has 19 heavy (non-hydrogen) atoms. The molecule has 1 aliphatic rings. The predicted molar refractivity (Wildman–Crippen MR) is 89.8 cm³/mol. The van der Waals surface area contributed by atoms with Crippen LogP contribution >= 0.6 is 23.2 Å². The summed E-state index contributed by atoms with van der Waals surface area (Å²) in [5, 5.41) is 4.31. The lowest BCUT2D eigenvalue weighted by molar-refractivity contribution is 0.0894. The molecule has 0 saturated carbocycles. The Morgan fingerprint density at radius 2 is 1.42 bits per heavy atom. The van der Waals surface area contributed by atoms with Crippen LogP contribution in [0.3, 0.4) is 0 Å². The van der Waals surface area contributed by atoms with E-state index < -0.39 is 0 Å². The van der Waals surface area contributed by atoms with Crippen molar-refractivity contribution in [3.63, 3.8) is 0 Å². The van der Waals surface area contributed by atoms with E-state index in [2.05, 4.69) is 48.1 Å². The van der Waals surface area contributed by atoms with Gasteiger partial charge in [-0.3, -0.25) is 10.9 Å². The lowest BCUT2D eigenvalue weighted by Gasteiger charge is -2.16. The molecule has 1 fully saturated rings. The molecule has 0 aromatic heterocycles. The van der Waals surface area contributed by atoms with Gasteiger partial charge in [0, 0.05) is 38.9 Å². The average molecular weight is 313 g/mol. The van der Waals surface area contributed by atoms with Gasteiger partial charge < -0.3 is 0 Å². The van der Waals surface area contributed by atoms with Gasteiger partial charge in [-0.25, -0.2) is 10.0 Å². The van der Waals surface area contributed by atoms with Crippen LogP contribution in [0.5, 0.6) is 0 Å². The number of likely N-dealkylation sites (N-methyl/N-ethyl adjacent to an activating group) is 2. The SMILES string of the molecule is C.C=C(CCl)CCl.C=C1CN(C)N(C)C1.CNNC. The second kappa shape index (κ2) is 16.0. The zero-order valence-electron chi connectivity index (χ0n) is 11.9. The Bertz CT molecular complexity index is 215. The zero-order chi connectivity index (χ0) is 14.6. The van der Waals surface area contributed by atoms with E-state index in [9.17, 15) is 0 Å². The first-order valence-corrected chi connectivity index (χ1v) is 6.70. The van der Waals surface area contributed by atoms with Crippen LogP contribution < -0.4 is 10.9 Å². The number of nitrogens with zero attached hydrogens (tertiary/aromatic N) is 2. The molecule has 0 aromatic rings. The topological polar surface area (TPSA) is 30.5 Å². The van der Waals surface area contributed by atoms with E-state index in [1.54, 1.807) is 0 Å². The highest BCUT2D eigenvalue weighted by Gasteiger charge is 2.15. The standard InChI is InChI=1S/C6H12N2.C4H6Cl2.C2H8N2.CH4/c1-6-4-7(2)8(3)5-6;1-4(2-5)3-6;1-3-4-2;/h1,4-5H2,2-3H3;1-3H2;3-4H,1-2H3;1H4. The van der Waals surface area contributed by atoms with Crippen LogP contribution in [0.4, 0.5) is 0 Å². The maximum Gasteiger partial charge on any atom is 0.0442 e. The monoisotopic (exact) mass is 312 g/mol. The van der Waals surface area contributed by atoms with Crippen molar-refractivity contribution in [1.29, 1.82) is 0 Å². The van der Waals surface area contributed by atoms with Crippen LogP contribution in [-0.2, 0) is 0 Å².